The third-order valence-corrected chi connectivity index (χ3v) is 4.21. The molecule has 104 valence electrons. The standard InChI is InChI=1S/C17H20N2S/c1-17(2,3)12-8-10-13(11-9-12)20-15-7-5-4-6-14(15)16(18)19/h4-11H,1-3H3,(H3,18,19). The highest BCUT2D eigenvalue weighted by Gasteiger charge is 2.13. The third-order valence-electron chi connectivity index (χ3n) is 3.13. The molecule has 20 heavy (non-hydrogen) atoms. The van der Waals surface area contributed by atoms with E-state index < -0.39 is 0 Å². The van der Waals surface area contributed by atoms with E-state index in [1.54, 1.807) is 11.8 Å². The molecule has 0 aromatic heterocycles. The molecule has 0 amide bonds. The van der Waals surface area contributed by atoms with E-state index in [-0.39, 0.29) is 11.3 Å². The maximum absolute atomic E-state index is 7.62. The molecule has 0 spiro atoms. The Hall–Kier alpha value is -1.74. The van der Waals surface area contributed by atoms with Gasteiger partial charge in [-0.3, -0.25) is 5.41 Å². The molecule has 3 N–H and O–H groups in total. The van der Waals surface area contributed by atoms with E-state index in [2.05, 4.69) is 45.0 Å². The summed E-state index contributed by atoms with van der Waals surface area (Å²) in [5, 5.41) is 7.62. The van der Waals surface area contributed by atoms with E-state index in [1.165, 1.54) is 5.56 Å². The zero-order valence-electron chi connectivity index (χ0n) is 12.1. The number of hydrogen-bond acceptors (Lipinski definition) is 2. The van der Waals surface area contributed by atoms with Gasteiger partial charge in [-0.1, -0.05) is 62.9 Å². The molecule has 0 radical (unpaired) electrons. The van der Waals surface area contributed by atoms with Crippen molar-refractivity contribution in [1.29, 1.82) is 5.41 Å². The van der Waals surface area contributed by atoms with Gasteiger partial charge in [0.2, 0.25) is 0 Å². The Labute approximate surface area is 124 Å². The highest BCUT2D eigenvalue weighted by Crippen LogP contribution is 2.32. The van der Waals surface area contributed by atoms with Crippen molar-refractivity contribution in [2.45, 2.75) is 36.0 Å². The van der Waals surface area contributed by atoms with Crippen LogP contribution in [0.4, 0.5) is 0 Å². The van der Waals surface area contributed by atoms with Crippen LogP contribution >= 0.6 is 11.8 Å². The highest BCUT2D eigenvalue weighted by molar-refractivity contribution is 7.99. The molecule has 0 aliphatic rings. The topological polar surface area (TPSA) is 49.9 Å². The predicted molar refractivity (Wildman–Crippen MR) is 86.7 cm³/mol. The molecular weight excluding hydrogens is 264 g/mol. The lowest BCUT2D eigenvalue weighted by atomic mass is 9.87. The molecule has 0 unspecified atom stereocenters. The Kier molecular flexibility index (Phi) is 4.19. The summed E-state index contributed by atoms with van der Waals surface area (Å²) in [5.74, 6) is 0.111. The van der Waals surface area contributed by atoms with Gasteiger partial charge in [0.15, 0.2) is 0 Å². The molecule has 0 atom stereocenters. The molecule has 0 aliphatic carbocycles. The van der Waals surface area contributed by atoms with Crippen LogP contribution in [0.15, 0.2) is 58.3 Å². The number of nitrogen functional groups attached to an aromatic ring is 1. The van der Waals surface area contributed by atoms with Gasteiger partial charge in [0.05, 0.1) is 0 Å². The molecule has 2 rings (SSSR count). The van der Waals surface area contributed by atoms with Gasteiger partial charge < -0.3 is 5.73 Å². The maximum Gasteiger partial charge on any atom is 0.123 e. The van der Waals surface area contributed by atoms with Gasteiger partial charge in [-0.05, 0) is 29.2 Å². The fraction of sp³-hybridized carbons (Fsp3) is 0.235. The van der Waals surface area contributed by atoms with Crippen molar-refractivity contribution in [2.75, 3.05) is 0 Å². The SMILES string of the molecule is CC(C)(C)c1ccc(Sc2ccccc2C(=N)N)cc1. The molecule has 2 aromatic rings. The van der Waals surface area contributed by atoms with E-state index in [0.717, 1.165) is 15.4 Å². The average molecular weight is 284 g/mol. The van der Waals surface area contributed by atoms with Crippen molar-refractivity contribution < 1.29 is 0 Å². The number of nitrogens with two attached hydrogens (primary N) is 1. The first-order chi connectivity index (χ1) is 9.38. The minimum Gasteiger partial charge on any atom is -0.384 e. The second-order valence-corrected chi connectivity index (χ2v) is 6.90. The van der Waals surface area contributed by atoms with E-state index in [0.29, 0.717) is 0 Å². The van der Waals surface area contributed by atoms with Gasteiger partial charge in [0, 0.05) is 15.4 Å². The van der Waals surface area contributed by atoms with Crippen LogP contribution in [0, 0.1) is 5.41 Å². The highest BCUT2D eigenvalue weighted by atomic mass is 32.2. The zero-order chi connectivity index (χ0) is 14.8. The zero-order valence-corrected chi connectivity index (χ0v) is 12.9. The summed E-state index contributed by atoms with van der Waals surface area (Å²) in [6.45, 7) is 6.63. The van der Waals surface area contributed by atoms with Crippen molar-refractivity contribution in [2.24, 2.45) is 5.73 Å². The first-order valence-electron chi connectivity index (χ1n) is 6.60. The second-order valence-electron chi connectivity index (χ2n) is 5.79. The fourth-order valence-electron chi connectivity index (χ4n) is 1.93. The lowest BCUT2D eigenvalue weighted by Gasteiger charge is -2.19. The molecule has 2 nitrogen and oxygen atoms in total. The van der Waals surface area contributed by atoms with Crippen LogP contribution in [0.25, 0.3) is 0 Å². The summed E-state index contributed by atoms with van der Waals surface area (Å²) in [5.41, 5.74) is 7.90. The summed E-state index contributed by atoms with van der Waals surface area (Å²) in [7, 11) is 0. The molecular formula is C17H20N2S. The fourth-order valence-corrected chi connectivity index (χ4v) is 2.89. The molecule has 0 saturated carbocycles. The molecule has 0 heterocycles. The van der Waals surface area contributed by atoms with Gasteiger partial charge in [0.25, 0.3) is 0 Å². The van der Waals surface area contributed by atoms with Crippen LogP contribution < -0.4 is 5.73 Å². The Bertz CT molecular complexity index is 610. The predicted octanol–water partition coefficient (Wildman–Crippen LogP) is 4.42. The number of benzene rings is 2. The van der Waals surface area contributed by atoms with E-state index in [9.17, 15) is 0 Å². The van der Waals surface area contributed by atoms with Crippen LogP contribution in [0.3, 0.4) is 0 Å². The van der Waals surface area contributed by atoms with Crippen LogP contribution in [0.5, 0.6) is 0 Å². The van der Waals surface area contributed by atoms with Crippen molar-refractivity contribution >= 4 is 17.6 Å². The molecule has 3 heteroatoms. The van der Waals surface area contributed by atoms with Crippen LogP contribution in [0.2, 0.25) is 0 Å². The van der Waals surface area contributed by atoms with E-state index in [4.69, 9.17) is 11.1 Å². The van der Waals surface area contributed by atoms with Gasteiger partial charge in [-0.15, -0.1) is 0 Å². The van der Waals surface area contributed by atoms with Gasteiger partial charge in [-0.25, -0.2) is 0 Å². The van der Waals surface area contributed by atoms with Gasteiger partial charge in [0.1, 0.15) is 5.84 Å². The maximum atomic E-state index is 7.62. The van der Waals surface area contributed by atoms with E-state index in [1.807, 2.05) is 24.3 Å². The lowest BCUT2D eigenvalue weighted by Crippen LogP contribution is -2.12. The summed E-state index contributed by atoms with van der Waals surface area (Å²) >= 11 is 1.64. The van der Waals surface area contributed by atoms with Crippen molar-refractivity contribution in [3.05, 3.63) is 59.7 Å². The molecule has 0 fully saturated rings. The monoisotopic (exact) mass is 284 g/mol. The minimum absolute atomic E-state index is 0.111. The summed E-state index contributed by atoms with van der Waals surface area (Å²) < 4.78 is 0. The Morgan fingerprint density at radius 3 is 2.15 bits per heavy atom. The average Bonchev–Trinajstić information content (AvgIpc) is 2.38. The quantitative estimate of drug-likeness (QED) is 0.647. The Morgan fingerprint density at radius 1 is 1.00 bits per heavy atom. The summed E-state index contributed by atoms with van der Waals surface area (Å²) in [6.07, 6.45) is 0. The van der Waals surface area contributed by atoms with Crippen molar-refractivity contribution in [3.63, 3.8) is 0 Å². The Morgan fingerprint density at radius 2 is 1.60 bits per heavy atom. The normalized spacial score (nSPS) is 11.3. The van der Waals surface area contributed by atoms with Crippen molar-refractivity contribution in [3.8, 4) is 0 Å². The number of rotatable bonds is 3. The van der Waals surface area contributed by atoms with Crippen LogP contribution in [0.1, 0.15) is 31.9 Å². The smallest absolute Gasteiger partial charge is 0.123 e. The first-order valence-corrected chi connectivity index (χ1v) is 7.41. The van der Waals surface area contributed by atoms with E-state index >= 15 is 0 Å². The first kappa shape index (κ1) is 14.7. The summed E-state index contributed by atoms with van der Waals surface area (Å²) in [6, 6.07) is 16.3. The molecule has 0 bridgehead atoms. The summed E-state index contributed by atoms with van der Waals surface area (Å²) in [4.78, 5) is 2.18. The van der Waals surface area contributed by atoms with Gasteiger partial charge >= 0.3 is 0 Å². The lowest BCUT2D eigenvalue weighted by molar-refractivity contribution is 0.590. The Balaban J connectivity index is 2.25. The molecule has 0 saturated heterocycles. The van der Waals surface area contributed by atoms with Crippen LogP contribution in [-0.2, 0) is 5.41 Å². The molecule has 2 aromatic carbocycles. The van der Waals surface area contributed by atoms with Gasteiger partial charge in [-0.2, -0.15) is 0 Å². The van der Waals surface area contributed by atoms with Crippen molar-refractivity contribution in [1.82, 2.24) is 0 Å². The second kappa shape index (κ2) is 5.71. The third kappa shape index (κ3) is 3.42. The largest absolute Gasteiger partial charge is 0.384 e. The molecule has 0 aliphatic heterocycles. The number of hydrogen-bond donors (Lipinski definition) is 2. The number of nitrogens with one attached hydrogen (secondary N) is 1. The minimum atomic E-state index is 0.111. The number of amidine groups is 1. The van der Waals surface area contributed by atoms with Crippen LogP contribution in [-0.4, -0.2) is 5.84 Å².